The summed E-state index contributed by atoms with van der Waals surface area (Å²) in [5.41, 5.74) is -0.303. The van der Waals surface area contributed by atoms with E-state index >= 15 is 0 Å². The summed E-state index contributed by atoms with van der Waals surface area (Å²) in [4.78, 5) is 0. The number of nitrogens with one attached hydrogen (secondary N) is 1. The molecule has 3 rings (SSSR count). The largest absolute Gasteiger partial charge is 0.375 e. The molecule has 21 heavy (non-hydrogen) atoms. The van der Waals surface area contributed by atoms with E-state index < -0.39 is 0 Å². The number of hydrogen-bond acceptors (Lipinski definition) is 3. The molecule has 0 amide bonds. The van der Waals surface area contributed by atoms with E-state index in [-0.39, 0.29) is 5.54 Å². The van der Waals surface area contributed by atoms with E-state index in [2.05, 4.69) is 18.3 Å². The average Bonchev–Trinajstić information content (AvgIpc) is 3.31. The standard InChI is InChI=1S/C18H30N2O/c1-2-14-5-3-6-16(11-14)21-17-7-4-10-18(12-17,13-19)20-15-8-9-15/h14-17,20H,2-12H2,1H3. The van der Waals surface area contributed by atoms with Crippen molar-refractivity contribution in [3.63, 3.8) is 0 Å². The van der Waals surface area contributed by atoms with Crippen LogP contribution in [0.4, 0.5) is 0 Å². The summed E-state index contributed by atoms with van der Waals surface area (Å²) < 4.78 is 6.43. The van der Waals surface area contributed by atoms with Gasteiger partial charge in [0, 0.05) is 12.5 Å². The molecule has 3 saturated carbocycles. The van der Waals surface area contributed by atoms with Crippen LogP contribution in [-0.4, -0.2) is 23.8 Å². The van der Waals surface area contributed by atoms with E-state index in [1.54, 1.807) is 0 Å². The third kappa shape index (κ3) is 3.99. The number of rotatable bonds is 5. The summed E-state index contributed by atoms with van der Waals surface area (Å²) >= 11 is 0. The topological polar surface area (TPSA) is 45.0 Å². The van der Waals surface area contributed by atoms with Crippen LogP contribution in [0, 0.1) is 17.2 Å². The van der Waals surface area contributed by atoms with Gasteiger partial charge in [-0.15, -0.1) is 0 Å². The SMILES string of the molecule is CCC1CCCC(OC2CCCC(C#N)(NC3CC3)C2)C1. The third-order valence-electron chi connectivity index (χ3n) is 5.67. The molecule has 4 atom stereocenters. The molecular formula is C18H30N2O. The molecule has 3 nitrogen and oxygen atoms in total. The Hall–Kier alpha value is -0.590. The van der Waals surface area contributed by atoms with Gasteiger partial charge in [-0.3, -0.25) is 5.32 Å². The maximum atomic E-state index is 9.65. The van der Waals surface area contributed by atoms with Crippen molar-refractivity contribution in [2.45, 2.75) is 101 Å². The maximum absolute atomic E-state index is 9.65. The summed E-state index contributed by atoms with van der Waals surface area (Å²) in [6.45, 7) is 2.30. The highest BCUT2D eigenvalue weighted by atomic mass is 16.5. The van der Waals surface area contributed by atoms with Crippen molar-refractivity contribution >= 4 is 0 Å². The van der Waals surface area contributed by atoms with Gasteiger partial charge in [0.1, 0.15) is 5.54 Å². The van der Waals surface area contributed by atoms with Gasteiger partial charge in [-0.2, -0.15) is 5.26 Å². The lowest BCUT2D eigenvalue weighted by molar-refractivity contribution is -0.0648. The second-order valence-electron chi connectivity index (χ2n) is 7.53. The van der Waals surface area contributed by atoms with Crippen molar-refractivity contribution in [2.24, 2.45) is 5.92 Å². The Kier molecular flexibility index (Phi) is 4.86. The fourth-order valence-electron chi connectivity index (χ4n) is 4.23. The fourth-order valence-corrected chi connectivity index (χ4v) is 4.23. The smallest absolute Gasteiger partial charge is 0.109 e. The lowest BCUT2D eigenvalue weighted by Crippen LogP contribution is -2.50. The molecule has 0 aliphatic heterocycles. The molecule has 0 spiro atoms. The Morgan fingerprint density at radius 3 is 2.67 bits per heavy atom. The first-order valence-corrected chi connectivity index (χ1v) is 9.07. The zero-order chi connectivity index (χ0) is 14.7. The van der Waals surface area contributed by atoms with Crippen molar-refractivity contribution in [1.82, 2.24) is 5.32 Å². The highest BCUT2D eigenvalue weighted by Gasteiger charge is 2.41. The summed E-state index contributed by atoms with van der Waals surface area (Å²) in [5, 5.41) is 13.3. The zero-order valence-corrected chi connectivity index (χ0v) is 13.4. The number of nitriles is 1. The Morgan fingerprint density at radius 2 is 1.95 bits per heavy atom. The molecule has 0 aromatic carbocycles. The highest BCUT2D eigenvalue weighted by Crippen LogP contribution is 2.36. The van der Waals surface area contributed by atoms with Gasteiger partial charge >= 0.3 is 0 Å². The minimum absolute atomic E-state index is 0.297. The predicted molar refractivity (Wildman–Crippen MR) is 83.9 cm³/mol. The molecular weight excluding hydrogens is 260 g/mol. The molecule has 1 N–H and O–H groups in total. The molecule has 3 fully saturated rings. The molecule has 0 aromatic rings. The van der Waals surface area contributed by atoms with E-state index in [0.29, 0.717) is 18.2 Å². The molecule has 0 saturated heterocycles. The maximum Gasteiger partial charge on any atom is 0.109 e. The van der Waals surface area contributed by atoms with Crippen LogP contribution in [0.25, 0.3) is 0 Å². The Balaban J connectivity index is 1.54. The lowest BCUT2D eigenvalue weighted by atomic mass is 9.80. The summed E-state index contributed by atoms with van der Waals surface area (Å²) in [7, 11) is 0. The Bertz CT molecular complexity index is 387. The molecule has 4 unspecified atom stereocenters. The van der Waals surface area contributed by atoms with Gasteiger partial charge in [0.2, 0.25) is 0 Å². The molecule has 0 radical (unpaired) electrons. The van der Waals surface area contributed by atoms with Crippen LogP contribution in [-0.2, 0) is 4.74 Å². The number of nitrogens with zero attached hydrogens (tertiary/aromatic N) is 1. The van der Waals surface area contributed by atoms with Gasteiger partial charge < -0.3 is 4.74 Å². The van der Waals surface area contributed by atoms with Crippen LogP contribution < -0.4 is 5.32 Å². The van der Waals surface area contributed by atoms with Crippen LogP contribution in [0.5, 0.6) is 0 Å². The Morgan fingerprint density at radius 1 is 1.14 bits per heavy atom. The first-order valence-electron chi connectivity index (χ1n) is 9.07. The van der Waals surface area contributed by atoms with Crippen LogP contribution in [0.1, 0.15) is 77.6 Å². The van der Waals surface area contributed by atoms with Gasteiger partial charge in [0.25, 0.3) is 0 Å². The molecule has 0 bridgehead atoms. The average molecular weight is 290 g/mol. The monoisotopic (exact) mass is 290 g/mol. The van der Waals surface area contributed by atoms with Crippen molar-refractivity contribution in [2.75, 3.05) is 0 Å². The van der Waals surface area contributed by atoms with E-state index in [1.807, 2.05) is 0 Å². The molecule has 3 aliphatic carbocycles. The van der Waals surface area contributed by atoms with Crippen LogP contribution in [0.3, 0.4) is 0 Å². The quantitative estimate of drug-likeness (QED) is 0.834. The second-order valence-corrected chi connectivity index (χ2v) is 7.53. The predicted octanol–water partition coefficient (Wildman–Crippen LogP) is 3.93. The first-order chi connectivity index (χ1) is 10.2. The van der Waals surface area contributed by atoms with Crippen molar-refractivity contribution < 1.29 is 4.74 Å². The molecule has 0 heterocycles. The van der Waals surface area contributed by atoms with Crippen molar-refractivity contribution in [1.29, 1.82) is 5.26 Å². The minimum atomic E-state index is -0.303. The zero-order valence-electron chi connectivity index (χ0n) is 13.4. The molecule has 3 aliphatic rings. The molecule has 3 heteroatoms. The van der Waals surface area contributed by atoms with Gasteiger partial charge in [0.05, 0.1) is 18.3 Å². The normalized spacial score (nSPS) is 40.7. The van der Waals surface area contributed by atoms with Gasteiger partial charge in [-0.25, -0.2) is 0 Å². The van der Waals surface area contributed by atoms with Crippen LogP contribution >= 0.6 is 0 Å². The molecule has 0 aromatic heterocycles. The first kappa shape index (κ1) is 15.3. The summed E-state index contributed by atoms with van der Waals surface area (Å²) in [6, 6.07) is 3.18. The molecule has 118 valence electrons. The van der Waals surface area contributed by atoms with Crippen molar-refractivity contribution in [3.8, 4) is 6.07 Å². The van der Waals surface area contributed by atoms with Gasteiger partial charge in [0.15, 0.2) is 0 Å². The van der Waals surface area contributed by atoms with E-state index in [1.165, 1.54) is 44.9 Å². The lowest BCUT2D eigenvalue weighted by Gasteiger charge is -2.39. The number of ether oxygens (including phenoxy) is 1. The van der Waals surface area contributed by atoms with Crippen LogP contribution in [0.15, 0.2) is 0 Å². The van der Waals surface area contributed by atoms with Crippen molar-refractivity contribution in [3.05, 3.63) is 0 Å². The second kappa shape index (κ2) is 6.67. The van der Waals surface area contributed by atoms with Gasteiger partial charge in [-0.1, -0.05) is 26.2 Å². The van der Waals surface area contributed by atoms with Gasteiger partial charge in [-0.05, 0) is 50.9 Å². The van der Waals surface area contributed by atoms with Crippen LogP contribution in [0.2, 0.25) is 0 Å². The van der Waals surface area contributed by atoms with E-state index in [4.69, 9.17) is 4.74 Å². The number of hydrogen-bond donors (Lipinski definition) is 1. The fraction of sp³-hybridized carbons (Fsp3) is 0.944. The third-order valence-corrected chi connectivity index (χ3v) is 5.67. The Labute approximate surface area is 129 Å². The highest BCUT2D eigenvalue weighted by molar-refractivity contribution is 5.12. The summed E-state index contributed by atoms with van der Waals surface area (Å²) in [5.74, 6) is 0.859. The van der Waals surface area contributed by atoms with E-state index in [9.17, 15) is 5.26 Å². The van der Waals surface area contributed by atoms with E-state index in [0.717, 1.165) is 31.6 Å². The minimum Gasteiger partial charge on any atom is -0.375 e. The summed E-state index contributed by atoms with van der Waals surface area (Å²) in [6.07, 6.45) is 13.9.